The number of aryl methyl sites for hydroxylation is 2. The quantitative estimate of drug-likeness (QED) is 0.231. The van der Waals surface area contributed by atoms with Crippen LogP contribution in [0.4, 0.5) is 0 Å². The molecule has 0 aromatic heterocycles. The topological polar surface area (TPSA) is 131 Å². The molecule has 0 radical (unpaired) electrons. The van der Waals surface area contributed by atoms with Crippen LogP contribution in [0.5, 0.6) is 11.5 Å². The number of hydrogen-bond acceptors (Lipinski definition) is 7. The number of hydrogen-bond donors (Lipinski definition) is 6. The van der Waals surface area contributed by atoms with Crippen molar-refractivity contribution in [3.8, 4) is 11.5 Å². The molecule has 0 amide bonds. The number of aromatic hydroxyl groups is 2. The van der Waals surface area contributed by atoms with Crippen molar-refractivity contribution in [2.45, 2.75) is 91.9 Å². The summed E-state index contributed by atoms with van der Waals surface area (Å²) in [5, 5.41) is 22.6. The molecule has 7 nitrogen and oxygen atoms in total. The van der Waals surface area contributed by atoms with E-state index in [2.05, 4.69) is 78.8 Å². The van der Waals surface area contributed by atoms with Gasteiger partial charge in [-0.05, 0) is 53.4 Å². The zero-order valence-corrected chi connectivity index (χ0v) is 24.1. The van der Waals surface area contributed by atoms with Crippen molar-refractivity contribution in [3.05, 3.63) is 57.6 Å². The minimum absolute atomic E-state index is 0.0328. The third-order valence-corrected chi connectivity index (χ3v) is 7.07. The van der Waals surface area contributed by atoms with Gasteiger partial charge in [0.2, 0.25) is 0 Å². The molecular formula is C26H42O7P2. The Hall–Kier alpha value is -1.30. The normalized spacial score (nSPS) is 12.3. The largest absolute Gasteiger partial charge is 0.507 e. The Labute approximate surface area is 212 Å². The molecule has 35 heavy (non-hydrogen) atoms. The van der Waals surface area contributed by atoms with Gasteiger partial charge >= 0.3 is 17.2 Å². The van der Waals surface area contributed by atoms with Crippen LogP contribution in [0, 0.1) is 13.8 Å². The standard InChI is InChI=1S/C26H38O2.H4O5P2/c1-10-11-18(21-16(2)12-14-19(23(21)27)25(4,5)6)22-17(3)13-15-20(24(22)28)26(7,8)9;1-6(2)5-7(3)4/h12-15,18,27-28H,10-11H2,1-9H3;1-4H. The van der Waals surface area contributed by atoms with E-state index in [0.29, 0.717) is 11.5 Å². The highest BCUT2D eigenvalue weighted by atomic mass is 31.2. The lowest BCUT2D eigenvalue weighted by atomic mass is 9.76. The van der Waals surface area contributed by atoms with Gasteiger partial charge in [-0.1, -0.05) is 79.2 Å². The second kappa shape index (κ2) is 12.8. The van der Waals surface area contributed by atoms with Crippen LogP contribution >= 0.6 is 17.2 Å². The highest BCUT2D eigenvalue weighted by molar-refractivity contribution is 7.53. The van der Waals surface area contributed by atoms with Gasteiger partial charge < -0.3 is 29.8 Å². The van der Waals surface area contributed by atoms with Gasteiger partial charge in [-0.15, -0.1) is 0 Å². The molecule has 0 aliphatic rings. The van der Waals surface area contributed by atoms with E-state index in [1.54, 1.807) is 0 Å². The van der Waals surface area contributed by atoms with Crippen LogP contribution in [0.2, 0.25) is 0 Å². The first-order chi connectivity index (χ1) is 15.9. The predicted octanol–water partition coefficient (Wildman–Crippen LogP) is 6.67. The van der Waals surface area contributed by atoms with E-state index >= 15 is 0 Å². The Kier molecular flexibility index (Phi) is 11.6. The summed E-state index contributed by atoms with van der Waals surface area (Å²) in [4.78, 5) is 31.3. The number of phenols is 2. The molecule has 0 heterocycles. The molecule has 0 fully saturated rings. The Morgan fingerprint density at radius 1 is 0.714 bits per heavy atom. The SMILES string of the molecule is CCCC(c1c(C)ccc(C(C)(C)C)c1O)c1c(C)ccc(C(C)(C)C)c1O.OP(O)OP(O)O. The van der Waals surface area contributed by atoms with Gasteiger partial charge in [0.05, 0.1) is 0 Å². The molecule has 0 aliphatic carbocycles. The van der Waals surface area contributed by atoms with E-state index in [-0.39, 0.29) is 16.7 Å². The van der Waals surface area contributed by atoms with Crippen LogP contribution < -0.4 is 0 Å². The highest BCUT2D eigenvalue weighted by Gasteiger charge is 2.30. The van der Waals surface area contributed by atoms with Gasteiger partial charge in [0.25, 0.3) is 0 Å². The monoisotopic (exact) mass is 528 g/mol. The molecule has 0 bridgehead atoms. The molecular weight excluding hydrogens is 486 g/mol. The zero-order chi connectivity index (χ0) is 27.3. The second-order valence-electron chi connectivity index (χ2n) is 10.8. The first kappa shape index (κ1) is 31.7. The maximum Gasteiger partial charge on any atom is 0.334 e. The number of benzene rings is 2. The highest BCUT2D eigenvalue weighted by Crippen LogP contribution is 2.47. The summed E-state index contributed by atoms with van der Waals surface area (Å²) in [6.45, 7) is 19.0. The Morgan fingerprint density at radius 3 is 1.29 bits per heavy atom. The molecule has 6 N–H and O–H groups in total. The fourth-order valence-corrected chi connectivity index (χ4v) is 4.82. The van der Waals surface area contributed by atoms with Crippen LogP contribution in [0.15, 0.2) is 24.3 Å². The fourth-order valence-electron chi connectivity index (χ4n) is 4.29. The van der Waals surface area contributed by atoms with E-state index < -0.39 is 17.2 Å². The predicted molar refractivity (Wildman–Crippen MR) is 144 cm³/mol. The molecule has 0 saturated carbocycles. The van der Waals surface area contributed by atoms with Gasteiger partial charge in [0.15, 0.2) is 0 Å². The van der Waals surface area contributed by atoms with Crippen molar-refractivity contribution in [3.63, 3.8) is 0 Å². The molecule has 0 unspecified atom stereocenters. The van der Waals surface area contributed by atoms with Gasteiger partial charge in [-0.25, -0.2) is 4.31 Å². The lowest BCUT2D eigenvalue weighted by molar-refractivity contribution is 0.324. The summed E-state index contributed by atoms with van der Waals surface area (Å²) in [6, 6.07) is 8.29. The van der Waals surface area contributed by atoms with Crippen molar-refractivity contribution >= 4 is 17.2 Å². The van der Waals surface area contributed by atoms with Crippen molar-refractivity contribution in [2.24, 2.45) is 0 Å². The van der Waals surface area contributed by atoms with Crippen LogP contribution in [0.1, 0.15) is 101 Å². The van der Waals surface area contributed by atoms with E-state index in [1.807, 2.05) is 12.1 Å². The summed E-state index contributed by atoms with van der Waals surface area (Å²) in [5.74, 6) is 0.728. The fraction of sp³-hybridized carbons (Fsp3) is 0.538. The Bertz CT molecular complexity index is 902. The molecule has 0 saturated heterocycles. The van der Waals surface area contributed by atoms with Crippen LogP contribution in [-0.2, 0) is 15.1 Å². The van der Waals surface area contributed by atoms with E-state index in [0.717, 1.165) is 46.2 Å². The molecule has 9 heteroatoms. The lowest BCUT2D eigenvalue weighted by Gasteiger charge is -2.30. The summed E-state index contributed by atoms with van der Waals surface area (Å²) < 4.78 is 3.60. The molecule has 2 aromatic carbocycles. The minimum atomic E-state index is -2.61. The molecule has 0 aliphatic heterocycles. The number of phenolic OH excluding ortho intramolecular Hbond substituents is 2. The van der Waals surface area contributed by atoms with E-state index in [9.17, 15) is 10.2 Å². The van der Waals surface area contributed by atoms with E-state index in [1.165, 1.54) is 0 Å². The molecule has 0 atom stereocenters. The van der Waals surface area contributed by atoms with Crippen LogP contribution in [-0.4, -0.2) is 29.8 Å². The van der Waals surface area contributed by atoms with Crippen LogP contribution in [0.25, 0.3) is 0 Å². The van der Waals surface area contributed by atoms with Crippen LogP contribution in [0.3, 0.4) is 0 Å². The van der Waals surface area contributed by atoms with Gasteiger partial charge in [-0.2, -0.15) is 0 Å². The summed E-state index contributed by atoms with van der Waals surface area (Å²) in [6.07, 6.45) is 1.85. The Morgan fingerprint density at radius 2 is 1.06 bits per heavy atom. The third-order valence-electron chi connectivity index (χ3n) is 5.91. The molecule has 2 rings (SSSR count). The third kappa shape index (κ3) is 8.65. The molecule has 198 valence electrons. The van der Waals surface area contributed by atoms with Gasteiger partial charge in [0, 0.05) is 17.0 Å². The first-order valence-corrected chi connectivity index (χ1v) is 14.0. The molecule has 0 spiro atoms. The summed E-state index contributed by atoms with van der Waals surface area (Å²) in [7, 11) is -5.22. The molecule has 2 aromatic rings. The average Bonchev–Trinajstić information content (AvgIpc) is 2.65. The van der Waals surface area contributed by atoms with Crippen molar-refractivity contribution in [1.82, 2.24) is 0 Å². The van der Waals surface area contributed by atoms with Crippen molar-refractivity contribution in [1.29, 1.82) is 0 Å². The minimum Gasteiger partial charge on any atom is -0.507 e. The number of rotatable bonds is 6. The maximum absolute atomic E-state index is 11.3. The van der Waals surface area contributed by atoms with Crippen molar-refractivity contribution in [2.75, 3.05) is 0 Å². The summed E-state index contributed by atoms with van der Waals surface area (Å²) >= 11 is 0. The summed E-state index contributed by atoms with van der Waals surface area (Å²) in [5.41, 5.74) is 5.68. The maximum atomic E-state index is 11.3. The average molecular weight is 529 g/mol. The first-order valence-electron chi connectivity index (χ1n) is 11.6. The lowest BCUT2D eigenvalue weighted by Crippen LogP contribution is -2.16. The van der Waals surface area contributed by atoms with Crippen molar-refractivity contribution < 1.29 is 34.1 Å². The smallest absolute Gasteiger partial charge is 0.334 e. The second-order valence-corrected chi connectivity index (χ2v) is 12.5. The van der Waals surface area contributed by atoms with E-state index in [4.69, 9.17) is 19.6 Å². The Balaban J connectivity index is 0.000000762. The van der Waals surface area contributed by atoms with Gasteiger partial charge in [0.1, 0.15) is 11.5 Å². The van der Waals surface area contributed by atoms with Gasteiger partial charge in [-0.3, -0.25) is 0 Å². The zero-order valence-electron chi connectivity index (χ0n) is 22.3.